The van der Waals surface area contributed by atoms with Crippen LogP contribution in [0.3, 0.4) is 0 Å². The maximum absolute atomic E-state index is 12.1. The zero-order valence-corrected chi connectivity index (χ0v) is 13.1. The van der Waals surface area contributed by atoms with E-state index in [0.717, 1.165) is 21.9 Å². The molecule has 1 atom stereocenters. The molecular weight excluding hydrogens is 294 g/mol. The zero-order valence-electron chi connectivity index (χ0n) is 12.2. The lowest BCUT2D eigenvalue weighted by Gasteiger charge is -2.13. The Morgan fingerprint density at radius 2 is 1.95 bits per heavy atom. The van der Waals surface area contributed by atoms with E-state index in [2.05, 4.69) is 5.32 Å². The van der Waals surface area contributed by atoms with E-state index < -0.39 is 6.10 Å². The molecule has 0 bridgehead atoms. The maximum Gasteiger partial charge on any atom is 0.261 e. The number of aryl methyl sites for hydroxylation is 1. The highest BCUT2D eigenvalue weighted by molar-refractivity contribution is 7.12. The molecule has 1 amide bonds. The molecule has 0 aliphatic heterocycles. The number of aliphatic hydroxyl groups excluding tert-OH is 1. The van der Waals surface area contributed by atoms with Gasteiger partial charge in [0, 0.05) is 6.54 Å². The summed E-state index contributed by atoms with van der Waals surface area (Å²) in [7, 11) is 0. The third-order valence-corrected chi connectivity index (χ3v) is 4.70. The molecular formula is C18H17NO2S. The van der Waals surface area contributed by atoms with Crippen LogP contribution in [0.4, 0.5) is 0 Å². The number of amides is 1. The highest BCUT2D eigenvalue weighted by atomic mass is 32.1. The Hall–Kier alpha value is -2.17. The van der Waals surface area contributed by atoms with Crippen LogP contribution >= 0.6 is 11.3 Å². The first kappa shape index (κ1) is 14.8. The molecule has 1 unspecified atom stereocenters. The summed E-state index contributed by atoms with van der Waals surface area (Å²) in [5, 5.41) is 17.2. The lowest BCUT2D eigenvalue weighted by Crippen LogP contribution is -2.28. The second-order valence-electron chi connectivity index (χ2n) is 5.27. The van der Waals surface area contributed by atoms with Gasteiger partial charge in [0.2, 0.25) is 0 Å². The predicted molar refractivity (Wildman–Crippen MR) is 90.3 cm³/mol. The van der Waals surface area contributed by atoms with E-state index in [1.54, 1.807) is 0 Å². The summed E-state index contributed by atoms with van der Waals surface area (Å²) < 4.78 is 0. The number of fused-ring (bicyclic) bond motifs is 1. The van der Waals surface area contributed by atoms with Crippen molar-refractivity contribution in [3.05, 3.63) is 69.9 Å². The third-order valence-electron chi connectivity index (χ3n) is 3.68. The van der Waals surface area contributed by atoms with Crippen molar-refractivity contribution in [1.82, 2.24) is 5.32 Å². The molecule has 0 spiro atoms. The van der Waals surface area contributed by atoms with Gasteiger partial charge >= 0.3 is 0 Å². The number of aliphatic hydroxyl groups is 1. The monoisotopic (exact) mass is 311 g/mol. The van der Waals surface area contributed by atoms with Crippen molar-refractivity contribution in [2.24, 2.45) is 0 Å². The molecule has 1 heterocycles. The molecule has 2 N–H and O–H groups in total. The smallest absolute Gasteiger partial charge is 0.261 e. The fourth-order valence-electron chi connectivity index (χ4n) is 2.41. The molecule has 3 aromatic rings. The summed E-state index contributed by atoms with van der Waals surface area (Å²) in [6.45, 7) is 2.11. The first-order valence-electron chi connectivity index (χ1n) is 7.14. The number of hydrogen-bond acceptors (Lipinski definition) is 3. The summed E-state index contributed by atoms with van der Waals surface area (Å²) in [4.78, 5) is 12.8. The van der Waals surface area contributed by atoms with Crippen LogP contribution in [0.25, 0.3) is 10.8 Å². The third kappa shape index (κ3) is 3.03. The van der Waals surface area contributed by atoms with Crippen molar-refractivity contribution in [2.45, 2.75) is 13.0 Å². The maximum atomic E-state index is 12.1. The van der Waals surface area contributed by atoms with Gasteiger partial charge < -0.3 is 10.4 Å². The van der Waals surface area contributed by atoms with Crippen molar-refractivity contribution >= 4 is 28.0 Å². The van der Waals surface area contributed by atoms with E-state index >= 15 is 0 Å². The van der Waals surface area contributed by atoms with Gasteiger partial charge in [-0.05, 0) is 46.3 Å². The van der Waals surface area contributed by atoms with Crippen LogP contribution in [-0.2, 0) is 0 Å². The molecule has 2 aromatic carbocycles. The van der Waals surface area contributed by atoms with E-state index in [9.17, 15) is 9.90 Å². The Kier molecular flexibility index (Phi) is 4.22. The molecule has 1 aromatic heterocycles. The Morgan fingerprint density at radius 1 is 1.18 bits per heavy atom. The Morgan fingerprint density at radius 3 is 2.68 bits per heavy atom. The molecule has 22 heavy (non-hydrogen) atoms. The van der Waals surface area contributed by atoms with Crippen LogP contribution < -0.4 is 5.32 Å². The standard InChI is InChI=1S/C18H17NO2S/c1-12-8-9-22-17(12)18(21)19-11-16(20)15-7-6-13-4-2-3-5-14(13)10-15/h2-10,16,20H,11H2,1H3,(H,19,21). The van der Waals surface area contributed by atoms with Gasteiger partial charge in [-0.25, -0.2) is 0 Å². The number of rotatable bonds is 4. The van der Waals surface area contributed by atoms with Crippen molar-refractivity contribution in [1.29, 1.82) is 0 Å². The highest BCUT2D eigenvalue weighted by Crippen LogP contribution is 2.20. The van der Waals surface area contributed by atoms with Crippen LogP contribution in [0.5, 0.6) is 0 Å². The summed E-state index contributed by atoms with van der Waals surface area (Å²) >= 11 is 1.41. The molecule has 4 heteroatoms. The Balaban J connectivity index is 1.69. The van der Waals surface area contributed by atoms with Gasteiger partial charge in [0.25, 0.3) is 5.91 Å². The second-order valence-corrected chi connectivity index (χ2v) is 6.18. The number of thiophene rings is 1. The average molecular weight is 311 g/mol. The fourth-order valence-corrected chi connectivity index (χ4v) is 3.25. The van der Waals surface area contributed by atoms with Crippen molar-refractivity contribution in [3.8, 4) is 0 Å². The molecule has 0 fully saturated rings. The average Bonchev–Trinajstić information content (AvgIpc) is 2.98. The zero-order chi connectivity index (χ0) is 15.5. The van der Waals surface area contributed by atoms with Gasteiger partial charge in [0.05, 0.1) is 11.0 Å². The van der Waals surface area contributed by atoms with Gasteiger partial charge in [-0.1, -0.05) is 36.4 Å². The Bertz CT molecular complexity index is 809. The van der Waals surface area contributed by atoms with Crippen molar-refractivity contribution < 1.29 is 9.90 Å². The van der Waals surface area contributed by atoms with Crippen LogP contribution in [-0.4, -0.2) is 17.6 Å². The predicted octanol–water partition coefficient (Wildman–Crippen LogP) is 3.67. The molecule has 112 valence electrons. The molecule has 0 aliphatic rings. The van der Waals surface area contributed by atoms with E-state index in [4.69, 9.17) is 0 Å². The quantitative estimate of drug-likeness (QED) is 0.772. The normalized spacial score (nSPS) is 12.3. The number of carbonyl (C=O) groups excluding carboxylic acids is 1. The number of nitrogens with one attached hydrogen (secondary N) is 1. The van der Waals surface area contributed by atoms with E-state index in [0.29, 0.717) is 4.88 Å². The number of carbonyl (C=O) groups is 1. The molecule has 0 saturated heterocycles. The summed E-state index contributed by atoms with van der Waals surface area (Å²) in [5.74, 6) is -0.132. The Labute approximate surface area is 133 Å². The van der Waals surface area contributed by atoms with Crippen molar-refractivity contribution in [2.75, 3.05) is 6.54 Å². The summed E-state index contributed by atoms with van der Waals surface area (Å²) in [6.07, 6.45) is -0.714. The lowest BCUT2D eigenvalue weighted by atomic mass is 10.0. The molecule has 0 saturated carbocycles. The topological polar surface area (TPSA) is 49.3 Å². The minimum atomic E-state index is -0.714. The molecule has 0 radical (unpaired) electrons. The van der Waals surface area contributed by atoms with E-state index in [1.807, 2.05) is 60.8 Å². The largest absolute Gasteiger partial charge is 0.387 e. The van der Waals surface area contributed by atoms with E-state index in [-0.39, 0.29) is 12.5 Å². The van der Waals surface area contributed by atoms with Crippen LogP contribution in [0, 0.1) is 6.92 Å². The summed E-state index contributed by atoms with van der Waals surface area (Å²) in [5.41, 5.74) is 1.77. The SMILES string of the molecule is Cc1ccsc1C(=O)NCC(O)c1ccc2ccccc2c1. The van der Waals surface area contributed by atoms with Gasteiger partial charge in [0.15, 0.2) is 0 Å². The molecule has 0 aliphatic carbocycles. The minimum Gasteiger partial charge on any atom is -0.387 e. The number of benzene rings is 2. The fraction of sp³-hybridized carbons (Fsp3) is 0.167. The lowest BCUT2D eigenvalue weighted by molar-refractivity contribution is 0.0920. The van der Waals surface area contributed by atoms with Crippen LogP contribution in [0.2, 0.25) is 0 Å². The minimum absolute atomic E-state index is 0.132. The summed E-state index contributed by atoms with van der Waals surface area (Å²) in [6, 6.07) is 15.8. The van der Waals surface area contributed by atoms with Gasteiger partial charge in [-0.15, -0.1) is 11.3 Å². The van der Waals surface area contributed by atoms with Crippen LogP contribution in [0.15, 0.2) is 53.9 Å². The van der Waals surface area contributed by atoms with Gasteiger partial charge in [0.1, 0.15) is 0 Å². The van der Waals surface area contributed by atoms with E-state index in [1.165, 1.54) is 11.3 Å². The number of hydrogen-bond donors (Lipinski definition) is 2. The molecule has 3 rings (SSSR count). The second kappa shape index (κ2) is 6.30. The first-order valence-corrected chi connectivity index (χ1v) is 8.02. The van der Waals surface area contributed by atoms with Crippen LogP contribution in [0.1, 0.15) is 26.9 Å². The highest BCUT2D eigenvalue weighted by Gasteiger charge is 2.13. The molecule has 3 nitrogen and oxygen atoms in total. The first-order chi connectivity index (χ1) is 10.6. The van der Waals surface area contributed by atoms with Gasteiger partial charge in [-0.2, -0.15) is 0 Å². The van der Waals surface area contributed by atoms with Crippen molar-refractivity contribution in [3.63, 3.8) is 0 Å². The van der Waals surface area contributed by atoms with Gasteiger partial charge in [-0.3, -0.25) is 4.79 Å².